The molecular formula is C23H29N2+. The van der Waals surface area contributed by atoms with Crippen LogP contribution < -0.4 is 4.90 Å². The number of hydrogen-bond acceptors (Lipinski definition) is 0. The van der Waals surface area contributed by atoms with Crippen molar-refractivity contribution < 1.29 is 4.90 Å². The van der Waals surface area contributed by atoms with Crippen LogP contribution in [0.3, 0.4) is 0 Å². The molecule has 1 fully saturated rings. The number of benzene rings is 2. The number of H-pyrrole nitrogens is 1. The average molecular weight is 333 g/mol. The van der Waals surface area contributed by atoms with E-state index in [2.05, 4.69) is 74.3 Å². The minimum atomic E-state index is 0.421. The molecule has 0 amide bonds. The summed E-state index contributed by atoms with van der Waals surface area (Å²) in [6.07, 6.45) is 2.66. The Kier molecular flexibility index (Phi) is 4.39. The Balaban J connectivity index is 1.84. The van der Waals surface area contributed by atoms with Gasteiger partial charge in [0.25, 0.3) is 0 Å². The number of para-hydroxylation sites is 1. The molecule has 1 saturated heterocycles. The van der Waals surface area contributed by atoms with Gasteiger partial charge in [-0.1, -0.05) is 55.0 Å². The van der Waals surface area contributed by atoms with Crippen molar-refractivity contribution in [1.82, 2.24) is 4.98 Å². The Morgan fingerprint density at radius 3 is 2.36 bits per heavy atom. The molecule has 4 rings (SSSR count). The molecule has 0 saturated carbocycles. The van der Waals surface area contributed by atoms with E-state index in [-0.39, 0.29) is 0 Å². The van der Waals surface area contributed by atoms with Gasteiger partial charge < -0.3 is 9.88 Å². The van der Waals surface area contributed by atoms with Gasteiger partial charge in [-0.15, -0.1) is 0 Å². The number of rotatable bonds is 3. The van der Waals surface area contributed by atoms with Gasteiger partial charge in [0, 0.05) is 27.7 Å². The molecule has 3 aromatic rings. The van der Waals surface area contributed by atoms with Crippen LogP contribution in [0.1, 0.15) is 48.2 Å². The van der Waals surface area contributed by atoms with E-state index in [1.807, 2.05) is 0 Å². The second-order valence-electron chi connectivity index (χ2n) is 7.89. The molecule has 130 valence electrons. The van der Waals surface area contributed by atoms with Crippen LogP contribution in [0.15, 0.2) is 48.5 Å². The zero-order valence-corrected chi connectivity index (χ0v) is 15.6. The van der Waals surface area contributed by atoms with E-state index in [1.54, 1.807) is 4.90 Å². The van der Waals surface area contributed by atoms with Crippen molar-refractivity contribution in [3.05, 3.63) is 70.9 Å². The second kappa shape index (κ2) is 6.68. The predicted molar refractivity (Wildman–Crippen MR) is 105 cm³/mol. The Bertz CT molecular complexity index is 851. The summed E-state index contributed by atoms with van der Waals surface area (Å²) >= 11 is 0. The fourth-order valence-electron chi connectivity index (χ4n) is 4.46. The second-order valence-corrected chi connectivity index (χ2v) is 7.89. The molecule has 0 spiro atoms. The van der Waals surface area contributed by atoms with Gasteiger partial charge in [0.2, 0.25) is 0 Å². The van der Waals surface area contributed by atoms with Gasteiger partial charge in [-0.25, -0.2) is 0 Å². The number of aryl methyl sites for hydroxylation is 2. The van der Waals surface area contributed by atoms with Crippen molar-refractivity contribution in [2.75, 3.05) is 13.1 Å². The topological polar surface area (TPSA) is 20.2 Å². The SMILES string of the molecule is Cc1ccc([C@@H](c2c(C)[nH]c3ccccc23)[NH+]2CCC(C)CC2)cc1. The average Bonchev–Trinajstić information content (AvgIpc) is 2.95. The molecule has 2 heterocycles. The number of likely N-dealkylation sites (tertiary alicyclic amines) is 1. The summed E-state index contributed by atoms with van der Waals surface area (Å²) in [6.45, 7) is 9.33. The van der Waals surface area contributed by atoms with Crippen LogP contribution in [0.4, 0.5) is 0 Å². The van der Waals surface area contributed by atoms with Crippen molar-refractivity contribution in [3.8, 4) is 0 Å². The molecule has 2 N–H and O–H groups in total. The Labute approximate surface area is 150 Å². The largest absolute Gasteiger partial charge is 0.358 e. The van der Waals surface area contributed by atoms with Crippen LogP contribution in [-0.4, -0.2) is 18.1 Å². The highest BCUT2D eigenvalue weighted by molar-refractivity contribution is 5.85. The quantitative estimate of drug-likeness (QED) is 0.717. The number of fused-ring (bicyclic) bond motifs is 1. The Morgan fingerprint density at radius 2 is 1.64 bits per heavy atom. The zero-order chi connectivity index (χ0) is 17.4. The standard InChI is InChI=1S/C23H28N2/c1-16-8-10-19(11-9-16)23(25-14-12-17(2)13-15-25)22-18(3)24-21-7-5-4-6-20(21)22/h4-11,17,23-24H,12-15H2,1-3H3/p+1/t23-/m0/s1. The molecule has 0 radical (unpaired) electrons. The molecule has 25 heavy (non-hydrogen) atoms. The third kappa shape index (κ3) is 3.11. The first-order valence-corrected chi connectivity index (χ1v) is 9.62. The van der Waals surface area contributed by atoms with E-state index >= 15 is 0 Å². The highest BCUT2D eigenvalue weighted by Gasteiger charge is 2.32. The molecule has 1 atom stereocenters. The van der Waals surface area contributed by atoms with E-state index in [1.165, 1.54) is 59.2 Å². The summed E-state index contributed by atoms with van der Waals surface area (Å²) in [7, 11) is 0. The van der Waals surface area contributed by atoms with Crippen LogP contribution in [0, 0.1) is 19.8 Å². The van der Waals surface area contributed by atoms with Crippen molar-refractivity contribution in [3.63, 3.8) is 0 Å². The van der Waals surface area contributed by atoms with E-state index in [0.29, 0.717) is 6.04 Å². The fourth-order valence-corrected chi connectivity index (χ4v) is 4.46. The lowest BCUT2D eigenvalue weighted by molar-refractivity contribution is -0.931. The maximum absolute atomic E-state index is 3.62. The van der Waals surface area contributed by atoms with Crippen molar-refractivity contribution in [1.29, 1.82) is 0 Å². The maximum Gasteiger partial charge on any atom is 0.141 e. The first-order valence-electron chi connectivity index (χ1n) is 9.62. The van der Waals surface area contributed by atoms with Gasteiger partial charge in [-0.3, -0.25) is 0 Å². The maximum atomic E-state index is 3.62. The minimum absolute atomic E-state index is 0.421. The molecular weight excluding hydrogens is 304 g/mol. The van der Waals surface area contributed by atoms with Crippen LogP contribution in [0.25, 0.3) is 10.9 Å². The first-order chi connectivity index (χ1) is 12.1. The molecule has 2 aromatic carbocycles. The van der Waals surface area contributed by atoms with Crippen LogP contribution in [0.2, 0.25) is 0 Å². The lowest BCUT2D eigenvalue weighted by Gasteiger charge is -2.34. The van der Waals surface area contributed by atoms with Crippen LogP contribution >= 0.6 is 0 Å². The molecule has 0 bridgehead atoms. The summed E-state index contributed by atoms with van der Waals surface area (Å²) in [5.41, 5.74) is 6.85. The summed E-state index contributed by atoms with van der Waals surface area (Å²) in [6, 6.07) is 18.4. The Hall–Kier alpha value is -2.06. The van der Waals surface area contributed by atoms with Gasteiger partial charge in [0.05, 0.1) is 13.1 Å². The van der Waals surface area contributed by atoms with E-state index in [4.69, 9.17) is 0 Å². The number of nitrogens with one attached hydrogen (secondary N) is 2. The van der Waals surface area contributed by atoms with Crippen LogP contribution in [-0.2, 0) is 0 Å². The summed E-state index contributed by atoms with van der Waals surface area (Å²) in [5, 5.41) is 1.39. The first kappa shape index (κ1) is 16.4. The zero-order valence-electron chi connectivity index (χ0n) is 15.6. The summed E-state index contributed by atoms with van der Waals surface area (Å²) in [5.74, 6) is 0.867. The highest BCUT2D eigenvalue weighted by atomic mass is 15.2. The monoisotopic (exact) mass is 333 g/mol. The van der Waals surface area contributed by atoms with Gasteiger partial charge in [-0.2, -0.15) is 0 Å². The molecule has 0 unspecified atom stereocenters. The number of aromatic amines is 1. The van der Waals surface area contributed by atoms with Crippen molar-refractivity contribution in [2.45, 2.75) is 39.7 Å². The third-order valence-electron chi connectivity index (χ3n) is 5.97. The van der Waals surface area contributed by atoms with E-state index in [9.17, 15) is 0 Å². The van der Waals surface area contributed by atoms with Gasteiger partial charge >= 0.3 is 0 Å². The molecule has 2 nitrogen and oxygen atoms in total. The van der Waals surface area contributed by atoms with Gasteiger partial charge in [0.15, 0.2) is 0 Å². The predicted octanol–water partition coefficient (Wildman–Crippen LogP) is 4.19. The van der Waals surface area contributed by atoms with Gasteiger partial charge in [0.1, 0.15) is 6.04 Å². The Morgan fingerprint density at radius 1 is 0.960 bits per heavy atom. The fraction of sp³-hybridized carbons (Fsp3) is 0.391. The van der Waals surface area contributed by atoms with Crippen molar-refractivity contribution in [2.24, 2.45) is 5.92 Å². The number of piperidine rings is 1. The number of aromatic nitrogens is 1. The smallest absolute Gasteiger partial charge is 0.141 e. The number of quaternary nitrogens is 1. The van der Waals surface area contributed by atoms with Crippen LogP contribution in [0.5, 0.6) is 0 Å². The molecule has 1 aliphatic rings. The highest BCUT2D eigenvalue weighted by Crippen LogP contribution is 2.31. The molecule has 1 aliphatic heterocycles. The summed E-state index contributed by atoms with van der Waals surface area (Å²) < 4.78 is 0. The minimum Gasteiger partial charge on any atom is -0.358 e. The lowest BCUT2D eigenvalue weighted by atomic mass is 9.90. The lowest BCUT2D eigenvalue weighted by Crippen LogP contribution is -3.13. The normalized spacial score (nSPS) is 22.2. The summed E-state index contributed by atoms with van der Waals surface area (Å²) in [4.78, 5) is 5.34. The number of hydrogen-bond donors (Lipinski definition) is 2. The molecule has 2 heteroatoms. The third-order valence-corrected chi connectivity index (χ3v) is 5.97. The molecule has 0 aliphatic carbocycles. The van der Waals surface area contributed by atoms with E-state index < -0.39 is 0 Å². The van der Waals surface area contributed by atoms with Gasteiger partial charge in [-0.05, 0) is 38.7 Å². The van der Waals surface area contributed by atoms with E-state index in [0.717, 1.165) is 5.92 Å². The van der Waals surface area contributed by atoms with Crippen molar-refractivity contribution >= 4 is 10.9 Å². The molecule has 1 aromatic heterocycles.